The lowest BCUT2D eigenvalue weighted by Gasteiger charge is -2.36. The first-order valence-electron chi connectivity index (χ1n) is 16.3. The number of aryl methyl sites for hydroxylation is 1. The smallest absolute Gasteiger partial charge is 0.334 e. The van der Waals surface area contributed by atoms with Crippen molar-refractivity contribution in [3.63, 3.8) is 0 Å². The lowest BCUT2D eigenvalue weighted by atomic mass is 9.87. The van der Waals surface area contributed by atoms with Gasteiger partial charge in [0.1, 0.15) is 24.8 Å². The van der Waals surface area contributed by atoms with Crippen molar-refractivity contribution in [2.24, 2.45) is 11.1 Å². The Morgan fingerprint density at radius 3 is 2.41 bits per heavy atom. The zero-order valence-electron chi connectivity index (χ0n) is 29.1. The van der Waals surface area contributed by atoms with Gasteiger partial charge in [-0.25, -0.2) is 14.4 Å². The molecule has 0 aliphatic carbocycles. The van der Waals surface area contributed by atoms with Crippen molar-refractivity contribution in [3.8, 4) is 11.5 Å². The molecule has 0 radical (unpaired) electrons. The van der Waals surface area contributed by atoms with Crippen LogP contribution < -0.4 is 20.5 Å². The molecule has 0 saturated carbocycles. The molecule has 1 aliphatic rings. The van der Waals surface area contributed by atoms with Gasteiger partial charge in [-0.1, -0.05) is 24.8 Å². The van der Waals surface area contributed by atoms with Crippen molar-refractivity contribution in [2.75, 3.05) is 32.7 Å². The lowest BCUT2D eigenvalue weighted by Crippen LogP contribution is -2.53. The van der Waals surface area contributed by atoms with E-state index >= 15 is 0 Å². The summed E-state index contributed by atoms with van der Waals surface area (Å²) in [5.74, 6) is -4.82. The maximum atomic E-state index is 13.9. The summed E-state index contributed by atoms with van der Waals surface area (Å²) < 4.78 is 21.8. The van der Waals surface area contributed by atoms with Crippen LogP contribution >= 0.6 is 0 Å². The average Bonchev–Trinajstić information content (AvgIpc) is 3.13. The molecule has 0 aromatic heterocycles. The molecule has 1 aliphatic heterocycles. The van der Waals surface area contributed by atoms with Crippen LogP contribution in [-0.4, -0.2) is 96.2 Å². The first kappa shape index (κ1) is 40.2. The van der Waals surface area contributed by atoms with Crippen molar-refractivity contribution in [3.05, 3.63) is 66.2 Å². The Morgan fingerprint density at radius 1 is 1.06 bits per heavy atom. The number of nitrogens with one attached hydrogen (secondary N) is 1. The number of carbonyl (C=O) groups excluding carboxylic acids is 5. The number of methoxy groups -OCH3 is 2. The van der Waals surface area contributed by atoms with Gasteiger partial charge in [-0.2, -0.15) is 0 Å². The van der Waals surface area contributed by atoms with Gasteiger partial charge in [-0.3, -0.25) is 14.4 Å². The van der Waals surface area contributed by atoms with Crippen LogP contribution in [0.2, 0.25) is 0 Å². The minimum Gasteiger partial charge on any atom is -0.493 e. The quantitative estimate of drug-likeness (QED) is 0.105. The van der Waals surface area contributed by atoms with E-state index in [1.54, 1.807) is 24.3 Å². The summed E-state index contributed by atoms with van der Waals surface area (Å²) in [6.45, 7) is 6.02. The summed E-state index contributed by atoms with van der Waals surface area (Å²) in [5, 5.41) is 21.2. The van der Waals surface area contributed by atoms with Crippen molar-refractivity contribution < 1.29 is 57.9 Å². The van der Waals surface area contributed by atoms with Gasteiger partial charge in [0.25, 0.3) is 5.91 Å². The predicted octanol–water partition coefficient (Wildman–Crippen LogP) is 2.34. The molecular formula is C36H45N3O12. The number of piperidine rings is 1. The molecule has 2 amide bonds. The highest BCUT2D eigenvalue weighted by molar-refractivity contribution is 6.38. The van der Waals surface area contributed by atoms with Crippen LogP contribution in [0.15, 0.2) is 55.1 Å². The number of carbonyl (C=O) groups is 6. The van der Waals surface area contributed by atoms with Gasteiger partial charge >= 0.3 is 17.9 Å². The summed E-state index contributed by atoms with van der Waals surface area (Å²) in [6, 6.07) is 8.78. The van der Waals surface area contributed by atoms with Crippen LogP contribution in [0.5, 0.6) is 11.5 Å². The summed E-state index contributed by atoms with van der Waals surface area (Å²) in [4.78, 5) is 77.2. The fourth-order valence-corrected chi connectivity index (χ4v) is 5.40. The Balaban J connectivity index is 1.89. The zero-order valence-corrected chi connectivity index (χ0v) is 29.1. The van der Waals surface area contributed by atoms with E-state index in [2.05, 4.69) is 11.9 Å². The summed E-state index contributed by atoms with van der Waals surface area (Å²) in [5.41, 5.74) is 5.71. The van der Waals surface area contributed by atoms with Crippen LogP contribution in [0.25, 0.3) is 0 Å². The molecule has 4 atom stereocenters. The van der Waals surface area contributed by atoms with Gasteiger partial charge in [0.15, 0.2) is 17.6 Å². The van der Waals surface area contributed by atoms with Crippen LogP contribution in [0, 0.1) is 5.41 Å². The second-order valence-corrected chi connectivity index (χ2v) is 12.6. The van der Waals surface area contributed by atoms with Crippen molar-refractivity contribution in [1.29, 1.82) is 0 Å². The number of rotatable bonds is 17. The monoisotopic (exact) mass is 711 g/mol. The minimum absolute atomic E-state index is 0.132. The van der Waals surface area contributed by atoms with Crippen LogP contribution in [0.4, 0.5) is 5.69 Å². The molecule has 2 aromatic rings. The van der Waals surface area contributed by atoms with Gasteiger partial charge in [-0.05, 0) is 81.3 Å². The first-order valence-corrected chi connectivity index (χ1v) is 16.3. The van der Waals surface area contributed by atoms with E-state index < -0.39 is 65.2 Å². The maximum Gasteiger partial charge on any atom is 0.334 e. The van der Waals surface area contributed by atoms with Crippen LogP contribution in [0.3, 0.4) is 0 Å². The van der Waals surface area contributed by atoms with E-state index in [-0.39, 0.29) is 31.7 Å². The number of aliphatic hydroxyl groups is 1. The molecule has 15 nitrogen and oxygen atoms in total. The molecule has 5 N–H and O–H groups in total. The molecule has 51 heavy (non-hydrogen) atoms. The molecule has 2 aromatic carbocycles. The highest BCUT2D eigenvalue weighted by Crippen LogP contribution is 2.32. The number of Topliss-reactive ketones (excluding diaryl/α,β-unsaturated/α-hetero) is 1. The number of benzene rings is 2. The number of nitrogens with zero attached hydrogens (tertiary/aromatic N) is 1. The molecule has 0 spiro atoms. The van der Waals surface area contributed by atoms with E-state index in [0.717, 1.165) is 11.6 Å². The summed E-state index contributed by atoms with van der Waals surface area (Å²) in [6.07, 6.45) is -0.106. The number of amides is 2. The minimum atomic E-state index is -2.14. The third kappa shape index (κ3) is 10.6. The molecule has 1 heterocycles. The van der Waals surface area contributed by atoms with Gasteiger partial charge in [-0.15, -0.1) is 0 Å². The second kappa shape index (κ2) is 18.1. The Kier molecular flexibility index (Phi) is 14.3. The molecule has 2 unspecified atom stereocenters. The Labute approximate surface area is 295 Å². The predicted molar refractivity (Wildman–Crippen MR) is 183 cm³/mol. The van der Waals surface area contributed by atoms with Crippen LogP contribution in [-0.2, 0) is 44.7 Å². The van der Waals surface area contributed by atoms with E-state index in [1.807, 2.05) is 6.07 Å². The Hall–Kier alpha value is -5.28. The number of ether oxygens (including phenoxy) is 4. The first-order chi connectivity index (χ1) is 24.1. The molecule has 15 heteroatoms. The van der Waals surface area contributed by atoms with Gasteiger partial charge < -0.3 is 45.1 Å². The fraction of sp³-hybridized carbons (Fsp3) is 0.444. The molecule has 1 saturated heterocycles. The Bertz CT molecular complexity index is 1620. The normalized spacial score (nSPS) is 16.1. The highest BCUT2D eigenvalue weighted by atomic mass is 16.5. The zero-order chi connectivity index (χ0) is 37.9. The van der Waals surface area contributed by atoms with Crippen molar-refractivity contribution >= 4 is 41.2 Å². The van der Waals surface area contributed by atoms with E-state index in [9.17, 15) is 33.9 Å². The standard InChI is InChI=1S/C36H45N3O12/c1-6-28(40)50-20-36(2,3)31(42)33(44)39-17-8-7-12-24(39)35(47)51-25(15-13-21-14-16-26(48-4)27(18-21)49-5)22-10-9-11-23(19-22)38-32(43)29(37)30(41)34(45)46/h6,9-11,14,16,18-19,24-25,29-30,41H,1,7-8,12-13,15,17,20,37H2,2-5H3,(H,38,43)(H,45,46)/t24-,25+,29?,30?/m0/s1. The number of esters is 2. The number of aliphatic hydroxyl groups excluding tert-OH is 1. The number of carboxylic acid groups (broad SMARTS) is 1. The van der Waals surface area contributed by atoms with Gasteiger partial charge in [0.05, 0.1) is 19.6 Å². The molecule has 1 fully saturated rings. The van der Waals surface area contributed by atoms with E-state index in [1.165, 1.54) is 45.1 Å². The molecule has 0 bridgehead atoms. The lowest BCUT2D eigenvalue weighted by molar-refractivity contribution is -0.165. The maximum absolute atomic E-state index is 13.9. The van der Waals surface area contributed by atoms with Crippen molar-refractivity contribution in [1.82, 2.24) is 4.90 Å². The fourth-order valence-electron chi connectivity index (χ4n) is 5.40. The number of aliphatic carboxylic acids is 1. The summed E-state index contributed by atoms with van der Waals surface area (Å²) in [7, 11) is 3.02. The van der Waals surface area contributed by atoms with Gasteiger partial charge in [0.2, 0.25) is 11.7 Å². The number of anilines is 1. The number of likely N-dealkylation sites (tertiary alicyclic amines) is 1. The third-order valence-electron chi connectivity index (χ3n) is 8.41. The van der Waals surface area contributed by atoms with Crippen molar-refractivity contribution in [2.45, 2.75) is 70.2 Å². The number of carboxylic acids is 1. The SMILES string of the molecule is C=CC(=O)OCC(C)(C)C(=O)C(=O)N1CCCC[C@H]1C(=O)O[C@H](CCc1ccc(OC)c(OC)c1)c1cccc(NC(=O)C(N)C(O)C(=O)O)c1. The topological polar surface area (TPSA) is 221 Å². The summed E-state index contributed by atoms with van der Waals surface area (Å²) >= 11 is 0. The number of ketones is 1. The molecular weight excluding hydrogens is 666 g/mol. The Morgan fingerprint density at radius 2 is 1.76 bits per heavy atom. The third-order valence-corrected chi connectivity index (χ3v) is 8.41. The largest absolute Gasteiger partial charge is 0.493 e. The second-order valence-electron chi connectivity index (χ2n) is 12.6. The number of nitrogens with two attached hydrogens (primary N) is 1. The number of hydrogen-bond donors (Lipinski definition) is 4. The number of hydrogen-bond acceptors (Lipinski definition) is 12. The van der Waals surface area contributed by atoms with Gasteiger partial charge in [0, 0.05) is 18.3 Å². The van der Waals surface area contributed by atoms with Crippen LogP contribution in [0.1, 0.15) is 56.8 Å². The molecule has 3 rings (SSSR count). The van der Waals surface area contributed by atoms with E-state index in [4.69, 9.17) is 29.8 Å². The molecule has 276 valence electrons. The average molecular weight is 712 g/mol. The highest BCUT2D eigenvalue weighted by Gasteiger charge is 2.42. The van der Waals surface area contributed by atoms with E-state index in [0.29, 0.717) is 36.3 Å².